The van der Waals surface area contributed by atoms with Crippen molar-refractivity contribution in [3.05, 3.63) is 52.4 Å². The first-order valence-electron chi connectivity index (χ1n) is 7.40. The third-order valence-corrected chi connectivity index (χ3v) is 3.75. The Hall–Kier alpha value is -2.43. The van der Waals surface area contributed by atoms with Gasteiger partial charge in [0.05, 0.1) is 6.61 Å². The van der Waals surface area contributed by atoms with Gasteiger partial charge in [-0.25, -0.2) is 4.79 Å². The van der Waals surface area contributed by atoms with E-state index in [9.17, 15) is 9.59 Å². The van der Waals surface area contributed by atoms with Crippen LogP contribution in [0.3, 0.4) is 0 Å². The highest BCUT2D eigenvalue weighted by Crippen LogP contribution is 2.43. The Labute approximate surface area is 128 Å². The fraction of sp³-hybridized carbons (Fsp3) is 0.353. The highest BCUT2D eigenvalue weighted by atomic mass is 16.5. The van der Waals surface area contributed by atoms with Crippen LogP contribution in [0.2, 0.25) is 0 Å². The predicted octanol–water partition coefficient (Wildman–Crippen LogP) is 3.27. The van der Waals surface area contributed by atoms with E-state index in [1.165, 1.54) is 0 Å². The summed E-state index contributed by atoms with van der Waals surface area (Å²) in [5, 5.41) is 3.80. The van der Waals surface area contributed by atoms with Gasteiger partial charge in [0.1, 0.15) is 5.56 Å². The van der Waals surface area contributed by atoms with Gasteiger partial charge < -0.3 is 9.26 Å². The van der Waals surface area contributed by atoms with Crippen LogP contribution in [0, 0.1) is 6.92 Å². The average molecular weight is 299 g/mol. The molecule has 0 amide bonds. The molecule has 1 fully saturated rings. The molecule has 0 spiro atoms. The van der Waals surface area contributed by atoms with Crippen LogP contribution in [0.15, 0.2) is 28.8 Å². The van der Waals surface area contributed by atoms with Gasteiger partial charge in [-0.1, -0.05) is 29.4 Å². The Kier molecular flexibility index (Phi) is 3.79. The van der Waals surface area contributed by atoms with Gasteiger partial charge in [0, 0.05) is 11.5 Å². The van der Waals surface area contributed by atoms with Crippen molar-refractivity contribution < 1.29 is 18.8 Å². The summed E-state index contributed by atoms with van der Waals surface area (Å²) >= 11 is 0. The lowest BCUT2D eigenvalue weighted by Crippen LogP contribution is -2.13. The number of benzene rings is 1. The van der Waals surface area contributed by atoms with E-state index in [4.69, 9.17) is 9.26 Å². The molecule has 114 valence electrons. The van der Waals surface area contributed by atoms with Gasteiger partial charge in [-0.05, 0) is 32.3 Å². The number of rotatable bonds is 5. The second-order valence-corrected chi connectivity index (χ2v) is 5.41. The second-order valence-electron chi connectivity index (χ2n) is 5.41. The van der Waals surface area contributed by atoms with E-state index < -0.39 is 5.97 Å². The Balaban J connectivity index is 2.07. The van der Waals surface area contributed by atoms with E-state index in [1.807, 2.05) is 19.1 Å². The number of ether oxygens (including phenoxy) is 1. The molecule has 2 aromatic rings. The van der Waals surface area contributed by atoms with Crippen LogP contribution in [0.4, 0.5) is 0 Å². The molecule has 0 bridgehead atoms. The fourth-order valence-electron chi connectivity index (χ4n) is 2.45. The van der Waals surface area contributed by atoms with Gasteiger partial charge in [0.2, 0.25) is 5.69 Å². The molecule has 1 aliphatic rings. The Morgan fingerprint density at radius 2 is 2.05 bits per heavy atom. The molecule has 1 aromatic carbocycles. The summed E-state index contributed by atoms with van der Waals surface area (Å²) in [6.45, 7) is 3.80. The normalized spacial score (nSPS) is 13.9. The van der Waals surface area contributed by atoms with Crippen molar-refractivity contribution in [3.8, 4) is 0 Å². The SMILES string of the molecule is CCOC(=O)c1noc(C2CC2)c1C(=O)c1ccccc1C. The molecule has 5 nitrogen and oxygen atoms in total. The molecule has 3 rings (SSSR count). The molecule has 0 atom stereocenters. The lowest BCUT2D eigenvalue weighted by Gasteiger charge is -2.06. The molecule has 1 aromatic heterocycles. The molecule has 0 saturated heterocycles. The molecule has 0 N–H and O–H groups in total. The van der Waals surface area contributed by atoms with Gasteiger partial charge in [-0.3, -0.25) is 4.79 Å². The number of carbonyl (C=O) groups excluding carboxylic acids is 2. The van der Waals surface area contributed by atoms with Crippen LogP contribution in [0.5, 0.6) is 0 Å². The number of carbonyl (C=O) groups is 2. The standard InChI is InChI=1S/C17H17NO4/c1-3-21-17(20)14-13(16(22-18-14)11-8-9-11)15(19)12-7-5-4-6-10(12)2/h4-7,11H,3,8-9H2,1-2H3. The van der Waals surface area contributed by atoms with Crippen LogP contribution >= 0.6 is 0 Å². The van der Waals surface area contributed by atoms with Crippen molar-refractivity contribution in [2.45, 2.75) is 32.6 Å². The zero-order chi connectivity index (χ0) is 15.7. The lowest BCUT2D eigenvalue weighted by atomic mass is 9.96. The maximum absolute atomic E-state index is 12.9. The largest absolute Gasteiger partial charge is 0.461 e. The first-order valence-corrected chi connectivity index (χ1v) is 7.40. The lowest BCUT2D eigenvalue weighted by molar-refractivity contribution is 0.0512. The van der Waals surface area contributed by atoms with E-state index in [0.717, 1.165) is 18.4 Å². The summed E-state index contributed by atoms with van der Waals surface area (Å²) in [6, 6.07) is 7.28. The number of aromatic nitrogens is 1. The van der Waals surface area contributed by atoms with Crippen LogP contribution in [0.1, 0.15) is 63.4 Å². The van der Waals surface area contributed by atoms with Crippen molar-refractivity contribution >= 4 is 11.8 Å². The number of aryl methyl sites for hydroxylation is 1. The molecule has 22 heavy (non-hydrogen) atoms. The summed E-state index contributed by atoms with van der Waals surface area (Å²) in [7, 11) is 0. The van der Waals surface area contributed by atoms with Crippen molar-refractivity contribution in [1.29, 1.82) is 0 Å². The van der Waals surface area contributed by atoms with E-state index in [-0.39, 0.29) is 29.6 Å². The molecule has 0 unspecified atom stereocenters. The minimum absolute atomic E-state index is 0.0167. The summed E-state index contributed by atoms with van der Waals surface area (Å²) in [5.74, 6) is -0.158. The minimum atomic E-state index is -0.616. The quantitative estimate of drug-likeness (QED) is 0.626. The van der Waals surface area contributed by atoms with Crippen molar-refractivity contribution in [1.82, 2.24) is 5.16 Å². The zero-order valence-electron chi connectivity index (χ0n) is 12.6. The van der Waals surface area contributed by atoms with Gasteiger partial charge in [-0.2, -0.15) is 0 Å². The van der Waals surface area contributed by atoms with E-state index >= 15 is 0 Å². The number of ketones is 1. The Morgan fingerprint density at radius 3 is 2.68 bits per heavy atom. The summed E-state index contributed by atoms with van der Waals surface area (Å²) < 4.78 is 10.3. The number of hydrogen-bond donors (Lipinski definition) is 0. The fourth-order valence-corrected chi connectivity index (χ4v) is 2.45. The molecular weight excluding hydrogens is 282 g/mol. The minimum Gasteiger partial charge on any atom is -0.461 e. The molecule has 1 heterocycles. The summed E-state index contributed by atoms with van der Waals surface area (Å²) in [5.41, 5.74) is 1.65. The number of hydrogen-bond acceptors (Lipinski definition) is 5. The van der Waals surface area contributed by atoms with Crippen LogP contribution in [0.25, 0.3) is 0 Å². The molecule has 0 aliphatic heterocycles. The first-order chi connectivity index (χ1) is 10.6. The van der Waals surface area contributed by atoms with E-state index in [0.29, 0.717) is 11.3 Å². The average Bonchev–Trinajstić information content (AvgIpc) is 3.25. The van der Waals surface area contributed by atoms with E-state index in [2.05, 4.69) is 5.16 Å². The smallest absolute Gasteiger partial charge is 0.361 e. The van der Waals surface area contributed by atoms with Crippen LogP contribution in [-0.2, 0) is 4.74 Å². The number of esters is 1. The Morgan fingerprint density at radius 1 is 1.32 bits per heavy atom. The Bertz CT molecular complexity index is 728. The molecular formula is C17H17NO4. The molecule has 0 radical (unpaired) electrons. The zero-order valence-corrected chi connectivity index (χ0v) is 12.6. The van der Waals surface area contributed by atoms with E-state index in [1.54, 1.807) is 19.1 Å². The third-order valence-electron chi connectivity index (χ3n) is 3.75. The van der Waals surface area contributed by atoms with Crippen molar-refractivity contribution in [3.63, 3.8) is 0 Å². The summed E-state index contributed by atoms with van der Waals surface area (Å²) in [4.78, 5) is 24.9. The van der Waals surface area contributed by atoms with Crippen LogP contribution in [-0.4, -0.2) is 23.5 Å². The van der Waals surface area contributed by atoms with Gasteiger partial charge in [-0.15, -0.1) is 0 Å². The van der Waals surface area contributed by atoms with Crippen LogP contribution < -0.4 is 0 Å². The number of nitrogens with zero attached hydrogens (tertiary/aromatic N) is 1. The van der Waals surface area contributed by atoms with Gasteiger partial charge in [0.25, 0.3) is 0 Å². The van der Waals surface area contributed by atoms with Gasteiger partial charge in [0.15, 0.2) is 11.5 Å². The van der Waals surface area contributed by atoms with Crippen molar-refractivity contribution in [2.75, 3.05) is 6.61 Å². The maximum atomic E-state index is 12.9. The monoisotopic (exact) mass is 299 g/mol. The third kappa shape index (κ3) is 2.54. The topological polar surface area (TPSA) is 69.4 Å². The predicted molar refractivity (Wildman–Crippen MR) is 79.0 cm³/mol. The molecule has 5 heteroatoms. The first kappa shape index (κ1) is 14.5. The highest BCUT2D eigenvalue weighted by molar-refractivity contribution is 6.15. The highest BCUT2D eigenvalue weighted by Gasteiger charge is 2.37. The maximum Gasteiger partial charge on any atom is 0.361 e. The molecule has 1 aliphatic carbocycles. The van der Waals surface area contributed by atoms with Gasteiger partial charge >= 0.3 is 5.97 Å². The molecule has 1 saturated carbocycles. The second kappa shape index (κ2) is 5.75. The summed E-state index contributed by atoms with van der Waals surface area (Å²) in [6.07, 6.45) is 1.90. The van der Waals surface area contributed by atoms with Crippen molar-refractivity contribution in [2.24, 2.45) is 0 Å².